The normalized spacial score (nSPS) is 4.78. The summed E-state index contributed by atoms with van der Waals surface area (Å²) in [6.45, 7) is 3.67. The minimum absolute atomic E-state index is 0. The number of rotatable bonds is 3. The molecule has 0 N–H and O–H groups in total. The van der Waals surface area contributed by atoms with Crippen LogP contribution in [0.3, 0.4) is 0 Å². The fourth-order valence-electron chi connectivity index (χ4n) is 1.66. The monoisotopic (exact) mass is 2070 g/mol. The summed E-state index contributed by atoms with van der Waals surface area (Å²) in [4.78, 5) is 9.80. The van der Waals surface area contributed by atoms with Gasteiger partial charge in [0.15, 0.2) is 5.69 Å². The zero-order valence-corrected chi connectivity index (χ0v) is 80.9. The average molecular weight is 2070 g/mol. The average Bonchev–Trinajstić information content (AvgIpc) is 2.47. The molecular weight excluding hydrogens is 2050 g/mol. The third kappa shape index (κ3) is 77.2. The van der Waals surface area contributed by atoms with Crippen molar-refractivity contribution in [1.82, 2.24) is 0 Å². The van der Waals surface area contributed by atoms with Crippen molar-refractivity contribution in [2.75, 3.05) is 14.2 Å². The third-order valence-electron chi connectivity index (χ3n) is 2.73. The minimum Gasteiger partial charge on any atom is -0.497 e. The van der Waals surface area contributed by atoms with E-state index in [2.05, 4.69) is 6.07 Å². The summed E-state index contributed by atoms with van der Waals surface area (Å²) >= 11 is 0. The molecule has 41 heavy (non-hydrogen) atoms. The van der Waals surface area contributed by atoms with Gasteiger partial charge >= 0.3 is 0 Å². The van der Waals surface area contributed by atoms with Gasteiger partial charge in [-0.25, -0.2) is 0 Å². The molecule has 0 aliphatic carbocycles. The number of hydrogen-bond acceptors (Lipinski definition) is 4. The summed E-state index contributed by atoms with van der Waals surface area (Å²) in [6, 6.07) is 13.2. The van der Waals surface area contributed by atoms with Gasteiger partial charge in [0.2, 0.25) is 0 Å². The van der Waals surface area contributed by atoms with Crippen LogP contribution in [-0.4, -0.2) is 19.1 Å². The summed E-state index contributed by atoms with van der Waals surface area (Å²) < 4.78 is 10.1. The first-order valence-corrected chi connectivity index (χ1v) is 6.29. The van der Waals surface area contributed by atoms with Crippen molar-refractivity contribution in [2.45, 2.75) is 13.8 Å². The van der Waals surface area contributed by atoms with E-state index in [1.807, 2.05) is 25.1 Å². The Bertz CT molecular complexity index is 630. The van der Waals surface area contributed by atoms with Crippen molar-refractivity contribution in [3.63, 3.8) is 0 Å². The van der Waals surface area contributed by atoms with Crippen molar-refractivity contribution in [2.24, 2.45) is 0 Å². The number of hydrogen-bond donors (Lipinski definition) is 0. The minimum atomic E-state index is -0.411. The van der Waals surface area contributed by atoms with Gasteiger partial charge in [-0.2, -0.15) is 18.2 Å². The van der Waals surface area contributed by atoms with E-state index in [1.54, 1.807) is 33.3 Å². The van der Waals surface area contributed by atoms with Crippen LogP contribution in [0.2, 0.25) is 0 Å². The van der Waals surface area contributed by atoms with Crippen molar-refractivity contribution in [3.05, 3.63) is 63.7 Å². The van der Waals surface area contributed by atoms with Gasteiger partial charge in [-0.3, -0.25) is 10.1 Å². The standard InChI is InChI=1S/C9H12O2.C7H6NO2.20Y/c1-7-4-8(10-2)6-9(5-7)11-3;1-6-4-2-3-5-7(6)8(9)10;;;;;;;;;;;;;;;;;;;;/h4-6H,1-3H3;2-3,5H,1H3;;;;;;;;;;;;;;;;;;;;/q;-1;;;;;;;;;;;;;;;;;;;;. The summed E-state index contributed by atoms with van der Waals surface area (Å²) in [5.74, 6) is 1.67. The van der Waals surface area contributed by atoms with E-state index < -0.39 is 4.92 Å². The maximum atomic E-state index is 10.2. The predicted octanol–water partition coefficient (Wildman–Crippen LogP) is 3.67. The molecule has 0 saturated heterocycles. The van der Waals surface area contributed by atoms with Crippen molar-refractivity contribution in [1.29, 1.82) is 0 Å². The summed E-state index contributed by atoms with van der Waals surface area (Å²) in [5, 5.41) is 10.2. The van der Waals surface area contributed by atoms with Crippen LogP contribution < -0.4 is 9.47 Å². The molecule has 0 spiro atoms. The maximum absolute atomic E-state index is 10.2. The van der Waals surface area contributed by atoms with Gasteiger partial charge in [-0.05, 0) is 24.6 Å². The molecule has 2 rings (SSSR count). The van der Waals surface area contributed by atoms with E-state index in [0.717, 1.165) is 17.1 Å². The summed E-state index contributed by atoms with van der Waals surface area (Å²) in [7, 11) is 3.29. The van der Waals surface area contributed by atoms with Crippen molar-refractivity contribution in [3.8, 4) is 11.5 Å². The van der Waals surface area contributed by atoms with E-state index >= 15 is 0 Å². The van der Waals surface area contributed by atoms with E-state index in [9.17, 15) is 10.1 Å². The molecule has 0 aromatic heterocycles. The molecule has 0 aliphatic heterocycles. The van der Waals surface area contributed by atoms with E-state index in [-0.39, 0.29) is 660 Å². The van der Waals surface area contributed by atoms with E-state index in [0.29, 0.717) is 5.56 Å². The van der Waals surface area contributed by atoms with Crippen LogP contribution in [0.1, 0.15) is 11.1 Å². The van der Waals surface area contributed by atoms with Crippen molar-refractivity contribution >= 4 is 5.69 Å². The number of benzene rings is 2. The predicted molar refractivity (Wildman–Crippen MR) is 81.0 cm³/mol. The molecule has 2 aromatic rings. The zero-order chi connectivity index (χ0) is 15.8. The van der Waals surface area contributed by atoms with Gasteiger partial charge in [-0.15, -0.1) is 0 Å². The van der Waals surface area contributed by atoms with Gasteiger partial charge in [0.25, 0.3) is 0 Å². The molecule has 0 fully saturated rings. The first-order valence-electron chi connectivity index (χ1n) is 6.29. The van der Waals surface area contributed by atoms with Crippen LogP contribution >= 0.6 is 0 Å². The Kier molecular flexibility index (Phi) is 300. The molecule has 0 bridgehead atoms. The Hall–Kier alpha value is 19.5. The van der Waals surface area contributed by atoms with Crippen molar-refractivity contribution < 1.29 is 669 Å². The number of nitro benzene ring substituents is 1. The van der Waals surface area contributed by atoms with Gasteiger partial charge in [0, 0.05) is 665 Å². The Morgan fingerprint density at radius 2 is 0.878 bits per heavy atom. The molecule has 0 aliphatic rings. The van der Waals surface area contributed by atoms with Gasteiger partial charge < -0.3 is 9.47 Å². The van der Waals surface area contributed by atoms with Gasteiger partial charge in [0.05, 0.1) is 14.2 Å². The first kappa shape index (κ1) is 131. The Labute approximate surface area is 752 Å². The molecule has 0 unspecified atom stereocenters. The fraction of sp³-hybridized carbons (Fsp3) is 0.250. The molecule has 2 aromatic carbocycles. The fourth-order valence-corrected chi connectivity index (χ4v) is 1.66. The van der Waals surface area contributed by atoms with E-state index in [1.165, 1.54) is 6.07 Å². The summed E-state index contributed by atoms with van der Waals surface area (Å²) in [5.41, 5.74) is 1.84. The Balaban J connectivity index is -0.00000000804. The molecule has 0 heterocycles. The number of nitro groups is 1. The molecule has 5 nitrogen and oxygen atoms in total. The second-order valence-electron chi connectivity index (χ2n) is 4.33. The molecule has 0 saturated carbocycles. The van der Waals surface area contributed by atoms with Crippen LogP contribution in [0.5, 0.6) is 11.5 Å². The first-order chi connectivity index (χ1) is 9.97. The number of nitrogens with zero attached hydrogens (tertiary/aromatic N) is 1. The van der Waals surface area contributed by atoms with Crippen LogP contribution in [0.15, 0.2) is 36.4 Å². The molecular formula is C16H18NO4Y20-. The SMILES string of the molecule is COc1cc(C)cc(OC)c1.Cc1[c-]cccc1[N+](=O)[O-].[Y].[Y].[Y].[Y].[Y].[Y].[Y].[Y].[Y].[Y].[Y].[Y].[Y].[Y].[Y].[Y].[Y].[Y].[Y].[Y]. The summed E-state index contributed by atoms with van der Waals surface area (Å²) in [6.07, 6.45) is 0. The molecule has 25 heteroatoms. The second kappa shape index (κ2) is 94.2. The molecule has 172 valence electrons. The number of aryl methyl sites for hydroxylation is 2. The number of ether oxygens (including phenoxy) is 2. The van der Waals surface area contributed by atoms with Crippen LogP contribution in [0.4, 0.5) is 5.69 Å². The molecule has 0 amide bonds. The number of methoxy groups -OCH3 is 2. The molecule has 0 atom stereocenters. The van der Waals surface area contributed by atoms with Gasteiger partial charge in [-0.1, -0.05) is 18.6 Å². The zero-order valence-electron chi connectivity index (χ0n) is 24.1. The van der Waals surface area contributed by atoms with Crippen LogP contribution in [0, 0.1) is 30.0 Å². The smallest absolute Gasteiger partial charge is 0.166 e. The maximum Gasteiger partial charge on any atom is 0.166 e. The van der Waals surface area contributed by atoms with Gasteiger partial charge in [0.1, 0.15) is 11.5 Å². The second-order valence-corrected chi connectivity index (χ2v) is 4.33. The Morgan fingerprint density at radius 1 is 0.585 bits per heavy atom. The quantitative estimate of drug-likeness (QED) is 0.268. The largest absolute Gasteiger partial charge is 0.497 e. The topological polar surface area (TPSA) is 61.6 Å². The van der Waals surface area contributed by atoms with E-state index in [4.69, 9.17) is 9.47 Å². The van der Waals surface area contributed by atoms with Crippen LogP contribution in [0.25, 0.3) is 0 Å². The Morgan fingerprint density at radius 3 is 1.07 bits per heavy atom. The molecule has 20 radical (unpaired) electrons. The third-order valence-corrected chi connectivity index (χ3v) is 2.73. The van der Waals surface area contributed by atoms with Crippen LogP contribution in [-0.2, 0) is 654 Å².